The van der Waals surface area contributed by atoms with E-state index in [1.165, 1.54) is 20.0 Å². The highest BCUT2D eigenvalue weighted by Gasteiger charge is 2.17. The van der Waals surface area contributed by atoms with Gasteiger partial charge < -0.3 is 14.2 Å². The van der Waals surface area contributed by atoms with E-state index in [0.717, 1.165) is 12.8 Å². The van der Waals surface area contributed by atoms with Crippen molar-refractivity contribution in [2.75, 3.05) is 20.4 Å². The molecule has 2 rings (SSSR count). The van der Waals surface area contributed by atoms with Crippen molar-refractivity contribution in [2.45, 2.75) is 32.6 Å². The summed E-state index contributed by atoms with van der Waals surface area (Å²) < 4.78 is 15.6. The first-order chi connectivity index (χ1) is 10.7. The molecule has 1 heterocycles. The molecule has 1 aromatic carbocycles. The number of amidine groups is 1. The largest absolute Gasteiger partial charge is 0.468 e. The topological polar surface area (TPSA) is 69.2 Å². The molecular formula is C16H22N2O4. The second kappa shape index (κ2) is 8.26. The van der Waals surface area contributed by atoms with Crippen molar-refractivity contribution in [1.82, 2.24) is 5.32 Å². The molecule has 0 atom stereocenters. The number of hydrogen-bond acceptors (Lipinski definition) is 5. The summed E-state index contributed by atoms with van der Waals surface area (Å²) in [5.41, 5.74) is 0.472. The Kier molecular flexibility index (Phi) is 6.06. The van der Waals surface area contributed by atoms with Gasteiger partial charge in [-0.1, -0.05) is 26.2 Å². The minimum Gasteiger partial charge on any atom is -0.468 e. The molecule has 0 saturated heterocycles. The first-order valence-corrected chi connectivity index (χ1v) is 7.54. The molecule has 0 saturated carbocycles. The quantitative estimate of drug-likeness (QED) is 0.498. The number of benzene rings is 1. The first kappa shape index (κ1) is 16.1. The summed E-state index contributed by atoms with van der Waals surface area (Å²) in [4.78, 5) is 16.4. The fourth-order valence-corrected chi connectivity index (χ4v) is 2.08. The Morgan fingerprint density at radius 3 is 2.86 bits per heavy atom. The van der Waals surface area contributed by atoms with E-state index in [4.69, 9.17) is 14.2 Å². The van der Waals surface area contributed by atoms with Gasteiger partial charge in [-0.05, 0) is 24.6 Å². The smallest absolute Gasteiger partial charge is 0.291 e. The lowest BCUT2D eigenvalue weighted by Gasteiger charge is -2.08. The number of aliphatic imine (C=N–C) groups is 1. The van der Waals surface area contributed by atoms with E-state index in [-0.39, 0.29) is 18.7 Å². The minimum atomic E-state index is -0.285. The highest BCUT2D eigenvalue weighted by molar-refractivity contribution is 6.04. The van der Waals surface area contributed by atoms with E-state index in [0.29, 0.717) is 23.6 Å². The van der Waals surface area contributed by atoms with E-state index < -0.39 is 0 Å². The number of hydrogen-bond donors (Lipinski definition) is 1. The van der Waals surface area contributed by atoms with Gasteiger partial charge in [0, 0.05) is 12.1 Å². The number of carbonyl (C=O) groups excluding carboxylic acids is 1. The molecule has 1 aliphatic rings. The van der Waals surface area contributed by atoms with Crippen molar-refractivity contribution < 1.29 is 19.0 Å². The van der Waals surface area contributed by atoms with Gasteiger partial charge in [-0.25, -0.2) is 4.99 Å². The zero-order valence-electron chi connectivity index (χ0n) is 13.1. The SMILES string of the molecule is CCCCCCN=C(NC(=O)c1ccc2c(c1)OCO2)OC. The first-order valence-electron chi connectivity index (χ1n) is 7.54. The number of nitrogens with one attached hydrogen (secondary N) is 1. The lowest BCUT2D eigenvalue weighted by atomic mass is 10.2. The van der Waals surface area contributed by atoms with E-state index in [9.17, 15) is 4.79 Å². The Balaban J connectivity index is 1.90. The van der Waals surface area contributed by atoms with Crippen LogP contribution in [0.4, 0.5) is 0 Å². The minimum absolute atomic E-state index is 0.183. The number of nitrogens with zero attached hydrogens (tertiary/aromatic N) is 1. The van der Waals surface area contributed by atoms with Crippen molar-refractivity contribution in [3.63, 3.8) is 0 Å². The van der Waals surface area contributed by atoms with Crippen LogP contribution >= 0.6 is 0 Å². The van der Waals surface area contributed by atoms with Gasteiger partial charge in [-0.3, -0.25) is 10.1 Å². The molecular weight excluding hydrogens is 284 g/mol. The number of methoxy groups -OCH3 is 1. The molecule has 1 aromatic rings. The fraction of sp³-hybridized carbons (Fsp3) is 0.500. The van der Waals surface area contributed by atoms with Crippen LogP contribution in [0.1, 0.15) is 43.0 Å². The Hall–Kier alpha value is -2.24. The standard InChI is InChI=1S/C16H22N2O4/c1-3-4-5-6-9-17-16(20-2)18-15(19)12-7-8-13-14(10-12)22-11-21-13/h7-8,10H,3-6,9,11H2,1-2H3,(H,17,18,19). The van der Waals surface area contributed by atoms with Crippen LogP contribution < -0.4 is 14.8 Å². The third-order valence-corrected chi connectivity index (χ3v) is 3.32. The second-order valence-corrected chi connectivity index (χ2v) is 4.97. The number of unbranched alkanes of at least 4 members (excludes halogenated alkanes) is 3. The maximum atomic E-state index is 12.2. The maximum absolute atomic E-state index is 12.2. The van der Waals surface area contributed by atoms with Crippen molar-refractivity contribution in [2.24, 2.45) is 4.99 Å². The summed E-state index contributed by atoms with van der Waals surface area (Å²) in [6, 6.07) is 5.27. The number of rotatable bonds is 6. The monoisotopic (exact) mass is 306 g/mol. The molecule has 1 amide bonds. The molecule has 6 heteroatoms. The van der Waals surface area contributed by atoms with E-state index in [1.807, 2.05) is 0 Å². The van der Waals surface area contributed by atoms with Gasteiger partial charge in [0.15, 0.2) is 11.5 Å². The molecule has 0 unspecified atom stereocenters. The number of ether oxygens (including phenoxy) is 3. The van der Waals surface area contributed by atoms with Crippen molar-refractivity contribution >= 4 is 11.9 Å². The van der Waals surface area contributed by atoms with Gasteiger partial charge in [0.25, 0.3) is 11.9 Å². The number of amides is 1. The zero-order valence-corrected chi connectivity index (χ0v) is 13.1. The maximum Gasteiger partial charge on any atom is 0.291 e. The van der Waals surface area contributed by atoms with Gasteiger partial charge in [0.05, 0.1) is 7.11 Å². The summed E-state index contributed by atoms with van der Waals surface area (Å²) >= 11 is 0. The molecule has 0 aliphatic carbocycles. The highest BCUT2D eigenvalue weighted by atomic mass is 16.7. The lowest BCUT2D eigenvalue weighted by molar-refractivity contribution is 0.0968. The van der Waals surface area contributed by atoms with Crippen LogP contribution in [0.2, 0.25) is 0 Å². The average molecular weight is 306 g/mol. The van der Waals surface area contributed by atoms with Crippen LogP contribution in [0.25, 0.3) is 0 Å². The summed E-state index contributed by atoms with van der Waals surface area (Å²) in [7, 11) is 1.49. The third-order valence-electron chi connectivity index (χ3n) is 3.32. The molecule has 0 fully saturated rings. The summed E-state index contributed by atoms with van der Waals surface area (Å²) in [6.07, 6.45) is 4.50. The molecule has 1 N–H and O–H groups in total. The van der Waals surface area contributed by atoms with Crippen LogP contribution in [0.15, 0.2) is 23.2 Å². The fourth-order valence-electron chi connectivity index (χ4n) is 2.08. The van der Waals surface area contributed by atoms with Crippen molar-refractivity contribution in [3.05, 3.63) is 23.8 Å². The van der Waals surface area contributed by atoms with Crippen LogP contribution in [-0.4, -0.2) is 32.4 Å². The number of fused-ring (bicyclic) bond motifs is 1. The van der Waals surface area contributed by atoms with E-state index >= 15 is 0 Å². The predicted octanol–water partition coefficient (Wildman–Crippen LogP) is 2.73. The Morgan fingerprint density at radius 1 is 1.27 bits per heavy atom. The number of carbonyl (C=O) groups is 1. The molecule has 0 radical (unpaired) electrons. The molecule has 0 bridgehead atoms. The predicted molar refractivity (Wildman–Crippen MR) is 83.5 cm³/mol. The lowest BCUT2D eigenvalue weighted by Crippen LogP contribution is -2.32. The molecule has 1 aliphatic heterocycles. The highest BCUT2D eigenvalue weighted by Crippen LogP contribution is 2.32. The third kappa shape index (κ3) is 4.38. The van der Waals surface area contributed by atoms with Gasteiger partial charge >= 0.3 is 0 Å². The average Bonchev–Trinajstić information content (AvgIpc) is 3.00. The van der Waals surface area contributed by atoms with E-state index in [1.54, 1.807) is 18.2 Å². The van der Waals surface area contributed by atoms with Crippen LogP contribution in [-0.2, 0) is 4.74 Å². The summed E-state index contributed by atoms with van der Waals surface area (Å²) in [5.74, 6) is 0.934. The van der Waals surface area contributed by atoms with E-state index in [2.05, 4.69) is 17.2 Å². The molecule has 120 valence electrons. The summed E-state index contributed by atoms with van der Waals surface area (Å²) in [5, 5.41) is 2.66. The molecule has 22 heavy (non-hydrogen) atoms. The zero-order chi connectivity index (χ0) is 15.8. The Bertz CT molecular complexity index is 543. The normalized spacial score (nSPS) is 13.1. The second-order valence-electron chi connectivity index (χ2n) is 4.97. The van der Waals surface area contributed by atoms with Crippen LogP contribution in [0.5, 0.6) is 11.5 Å². The van der Waals surface area contributed by atoms with Gasteiger partial charge in [0.1, 0.15) is 0 Å². The van der Waals surface area contributed by atoms with Crippen molar-refractivity contribution in [1.29, 1.82) is 0 Å². The Labute approximate surface area is 130 Å². The Morgan fingerprint density at radius 2 is 2.09 bits per heavy atom. The molecule has 6 nitrogen and oxygen atoms in total. The summed E-state index contributed by atoms with van der Waals surface area (Å²) in [6.45, 7) is 2.99. The molecule has 0 spiro atoms. The van der Waals surface area contributed by atoms with Crippen LogP contribution in [0.3, 0.4) is 0 Å². The molecule has 0 aromatic heterocycles. The van der Waals surface area contributed by atoms with Gasteiger partial charge in [0.2, 0.25) is 6.79 Å². The van der Waals surface area contributed by atoms with Gasteiger partial charge in [-0.15, -0.1) is 0 Å². The van der Waals surface area contributed by atoms with Crippen molar-refractivity contribution in [3.8, 4) is 11.5 Å². The van der Waals surface area contributed by atoms with Crippen LogP contribution in [0, 0.1) is 0 Å². The van der Waals surface area contributed by atoms with Gasteiger partial charge in [-0.2, -0.15) is 0 Å².